The lowest BCUT2D eigenvalue weighted by atomic mass is 10.0. The second-order valence-corrected chi connectivity index (χ2v) is 7.60. The molecule has 2 aromatic heterocycles. The van der Waals surface area contributed by atoms with Crippen molar-refractivity contribution in [3.05, 3.63) is 42.4 Å². The maximum absolute atomic E-state index is 13.0. The highest BCUT2D eigenvalue weighted by Gasteiger charge is 2.35. The fraction of sp³-hybridized carbons (Fsp3) is 0.438. The smallest absolute Gasteiger partial charge is 0.245 e. The van der Waals surface area contributed by atoms with E-state index in [4.69, 9.17) is 4.74 Å². The lowest BCUT2D eigenvalue weighted by Gasteiger charge is -2.35. The fourth-order valence-corrected chi connectivity index (χ4v) is 4.70. The molecular formula is C16H21N3O3S. The second-order valence-electron chi connectivity index (χ2n) is 5.71. The SMILES string of the molecule is COc1ccc(S(=O)(=O)N2CCCCC2c2cccn2C)cn1. The van der Waals surface area contributed by atoms with Gasteiger partial charge < -0.3 is 9.30 Å². The van der Waals surface area contributed by atoms with E-state index in [9.17, 15) is 8.42 Å². The second kappa shape index (κ2) is 6.33. The Bertz CT molecular complexity index is 768. The highest BCUT2D eigenvalue weighted by atomic mass is 32.2. The van der Waals surface area contributed by atoms with Gasteiger partial charge in [0, 0.05) is 31.5 Å². The number of nitrogens with zero attached hydrogens (tertiary/aromatic N) is 3. The molecule has 0 amide bonds. The molecule has 0 bridgehead atoms. The third kappa shape index (κ3) is 2.98. The van der Waals surface area contributed by atoms with Crippen LogP contribution in [-0.4, -0.2) is 35.9 Å². The molecule has 0 N–H and O–H groups in total. The lowest BCUT2D eigenvalue weighted by molar-refractivity contribution is 0.248. The Morgan fingerprint density at radius 2 is 2.09 bits per heavy atom. The van der Waals surface area contributed by atoms with E-state index in [-0.39, 0.29) is 10.9 Å². The molecule has 0 radical (unpaired) electrons. The largest absolute Gasteiger partial charge is 0.481 e. The number of aryl methyl sites for hydroxylation is 1. The molecule has 3 rings (SSSR count). The van der Waals surface area contributed by atoms with Crippen LogP contribution in [0.15, 0.2) is 41.6 Å². The molecule has 0 saturated carbocycles. The normalized spacial score (nSPS) is 19.7. The molecule has 0 spiro atoms. The van der Waals surface area contributed by atoms with Gasteiger partial charge in [-0.1, -0.05) is 6.42 Å². The summed E-state index contributed by atoms with van der Waals surface area (Å²) in [4.78, 5) is 4.24. The van der Waals surface area contributed by atoms with E-state index in [0.29, 0.717) is 12.4 Å². The van der Waals surface area contributed by atoms with Gasteiger partial charge in [-0.3, -0.25) is 0 Å². The fourth-order valence-electron chi connectivity index (χ4n) is 3.08. The molecular weight excluding hydrogens is 314 g/mol. The Morgan fingerprint density at radius 3 is 2.70 bits per heavy atom. The van der Waals surface area contributed by atoms with E-state index in [1.807, 2.05) is 29.9 Å². The van der Waals surface area contributed by atoms with E-state index >= 15 is 0 Å². The first-order chi connectivity index (χ1) is 11.0. The van der Waals surface area contributed by atoms with Crippen LogP contribution in [0.5, 0.6) is 5.88 Å². The molecule has 0 aromatic carbocycles. The minimum atomic E-state index is -3.58. The van der Waals surface area contributed by atoms with E-state index in [1.165, 1.54) is 13.3 Å². The summed E-state index contributed by atoms with van der Waals surface area (Å²) in [5.74, 6) is 0.404. The maximum Gasteiger partial charge on any atom is 0.245 e. The predicted octanol–water partition coefficient (Wildman–Crippen LogP) is 2.34. The van der Waals surface area contributed by atoms with Crippen LogP contribution in [0.4, 0.5) is 0 Å². The summed E-state index contributed by atoms with van der Waals surface area (Å²) in [6.07, 6.45) is 6.06. The van der Waals surface area contributed by atoms with Gasteiger partial charge in [0.15, 0.2) is 0 Å². The average Bonchev–Trinajstić information content (AvgIpc) is 3.01. The van der Waals surface area contributed by atoms with Crippen molar-refractivity contribution in [3.8, 4) is 5.88 Å². The summed E-state index contributed by atoms with van der Waals surface area (Å²) in [6.45, 7) is 0.532. The quantitative estimate of drug-likeness (QED) is 0.860. The van der Waals surface area contributed by atoms with Crippen molar-refractivity contribution in [3.63, 3.8) is 0 Å². The molecule has 1 aliphatic rings. The van der Waals surface area contributed by atoms with Gasteiger partial charge in [0.05, 0.1) is 19.3 Å². The van der Waals surface area contributed by atoms with Crippen LogP contribution in [0.2, 0.25) is 0 Å². The molecule has 1 unspecified atom stereocenters. The number of hydrogen-bond donors (Lipinski definition) is 0. The molecule has 1 aliphatic heterocycles. The van der Waals surface area contributed by atoms with Gasteiger partial charge in [-0.25, -0.2) is 13.4 Å². The first kappa shape index (κ1) is 16.0. The molecule has 3 heterocycles. The van der Waals surface area contributed by atoms with Gasteiger partial charge in [-0.15, -0.1) is 0 Å². The standard InChI is InChI=1S/C16H21N3O3S/c1-18-10-5-7-14(18)15-6-3-4-11-19(15)23(20,21)13-8-9-16(22-2)17-12-13/h5,7-10,12,15H,3-4,6,11H2,1-2H3. The zero-order chi connectivity index (χ0) is 16.4. The van der Waals surface area contributed by atoms with Gasteiger partial charge in [-0.05, 0) is 31.0 Å². The number of rotatable bonds is 4. The van der Waals surface area contributed by atoms with Gasteiger partial charge in [0.25, 0.3) is 0 Å². The molecule has 124 valence electrons. The third-order valence-electron chi connectivity index (χ3n) is 4.30. The minimum Gasteiger partial charge on any atom is -0.481 e. The van der Waals surface area contributed by atoms with Crippen LogP contribution in [0.1, 0.15) is 31.0 Å². The van der Waals surface area contributed by atoms with Gasteiger partial charge in [-0.2, -0.15) is 4.31 Å². The average molecular weight is 335 g/mol. The van der Waals surface area contributed by atoms with Crippen LogP contribution >= 0.6 is 0 Å². The Kier molecular flexibility index (Phi) is 4.41. The van der Waals surface area contributed by atoms with Crippen molar-refractivity contribution in [2.45, 2.75) is 30.2 Å². The molecule has 0 aliphatic carbocycles. The van der Waals surface area contributed by atoms with Crippen LogP contribution in [0.3, 0.4) is 0 Å². The highest BCUT2D eigenvalue weighted by molar-refractivity contribution is 7.89. The molecule has 2 aromatic rings. The molecule has 7 heteroatoms. The first-order valence-electron chi connectivity index (χ1n) is 7.67. The van der Waals surface area contributed by atoms with Crippen LogP contribution in [0.25, 0.3) is 0 Å². The first-order valence-corrected chi connectivity index (χ1v) is 9.11. The molecule has 23 heavy (non-hydrogen) atoms. The van der Waals surface area contributed by atoms with E-state index in [1.54, 1.807) is 16.4 Å². The van der Waals surface area contributed by atoms with E-state index in [0.717, 1.165) is 25.0 Å². The summed E-state index contributed by atoms with van der Waals surface area (Å²) in [5, 5.41) is 0. The molecule has 6 nitrogen and oxygen atoms in total. The van der Waals surface area contributed by atoms with Gasteiger partial charge >= 0.3 is 0 Å². The maximum atomic E-state index is 13.0. The summed E-state index contributed by atoms with van der Waals surface area (Å²) >= 11 is 0. The number of pyridine rings is 1. The Labute approximate surface area is 136 Å². The molecule has 1 atom stereocenters. The van der Waals surface area contributed by atoms with Crippen molar-refractivity contribution in [1.29, 1.82) is 0 Å². The highest BCUT2D eigenvalue weighted by Crippen LogP contribution is 2.35. The van der Waals surface area contributed by atoms with Crippen molar-refractivity contribution in [2.75, 3.05) is 13.7 Å². The number of hydrogen-bond acceptors (Lipinski definition) is 4. The number of piperidine rings is 1. The summed E-state index contributed by atoms with van der Waals surface area (Å²) in [5.41, 5.74) is 1.02. The van der Waals surface area contributed by atoms with Crippen LogP contribution in [-0.2, 0) is 17.1 Å². The summed E-state index contributed by atoms with van der Waals surface area (Å²) in [6, 6.07) is 6.94. The number of aromatic nitrogens is 2. The van der Waals surface area contributed by atoms with Crippen molar-refractivity contribution in [2.24, 2.45) is 7.05 Å². The lowest BCUT2D eigenvalue weighted by Crippen LogP contribution is -2.39. The van der Waals surface area contributed by atoms with Gasteiger partial charge in [0.2, 0.25) is 15.9 Å². The topological polar surface area (TPSA) is 64.4 Å². The van der Waals surface area contributed by atoms with E-state index < -0.39 is 10.0 Å². The summed E-state index contributed by atoms with van der Waals surface area (Å²) < 4.78 is 34.7. The Balaban J connectivity index is 1.97. The van der Waals surface area contributed by atoms with E-state index in [2.05, 4.69) is 4.98 Å². The Hall–Kier alpha value is -1.86. The molecule has 1 fully saturated rings. The summed E-state index contributed by atoms with van der Waals surface area (Å²) in [7, 11) is -0.122. The van der Waals surface area contributed by atoms with Crippen molar-refractivity contribution in [1.82, 2.24) is 13.9 Å². The number of sulfonamides is 1. The minimum absolute atomic E-state index is 0.129. The van der Waals surface area contributed by atoms with Crippen molar-refractivity contribution < 1.29 is 13.2 Å². The zero-order valence-electron chi connectivity index (χ0n) is 13.3. The van der Waals surface area contributed by atoms with Crippen molar-refractivity contribution >= 4 is 10.0 Å². The van der Waals surface area contributed by atoms with Gasteiger partial charge in [0.1, 0.15) is 4.90 Å². The predicted molar refractivity (Wildman–Crippen MR) is 86.7 cm³/mol. The number of methoxy groups -OCH3 is 1. The third-order valence-corrected chi connectivity index (χ3v) is 6.20. The zero-order valence-corrected chi connectivity index (χ0v) is 14.2. The monoisotopic (exact) mass is 335 g/mol. The van der Waals surface area contributed by atoms with Crippen LogP contribution in [0, 0.1) is 0 Å². The van der Waals surface area contributed by atoms with Crippen LogP contribution < -0.4 is 4.74 Å². The number of ether oxygens (including phenoxy) is 1. The molecule has 1 saturated heterocycles. The Morgan fingerprint density at radius 1 is 1.26 bits per heavy atom.